The van der Waals surface area contributed by atoms with Crippen molar-refractivity contribution in [3.8, 4) is 0 Å². The van der Waals surface area contributed by atoms with Gasteiger partial charge in [0.2, 0.25) is 0 Å². The van der Waals surface area contributed by atoms with E-state index in [1.807, 2.05) is 18.2 Å². The largest absolute Gasteiger partial charge is 0.368 e. The lowest BCUT2D eigenvalue weighted by Crippen LogP contribution is -2.41. The van der Waals surface area contributed by atoms with E-state index in [9.17, 15) is 0 Å². The Kier molecular flexibility index (Phi) is 2.23. The summed E-state index contributed by atoms with van der Waals surface area (Å²) in [5.41, 5.74) is 1.17. The van der Waals surface area contributed by atoms with Gasteiger partial charge in [0, 0.05) is 0 Å². The van der Waals surface area contributed by atoms with E-state index in [1.165, 1.54) is 5.56 Å². The van der Waals surface area contributed by atoms with Crippen LogP contribution in [0.4, 0.5) is 0 Å². The van der Waals surface area contributed by atoms with Crippen LogP contribution >= 0.6 is 0 Å². The van der Waals surface area contributed by atoms with Crippen LogP contribution in [-0.2, 0) is 25.6 Å². The Balaban J connectivity index is 1.43. The van der Waals surface area contributed by atoms with Crippen LogP contribution < -0.4 is 0 Å². The Morgan fingerprint density at radius 3 is 2.88 bits per heavy atom. The van der Waals surface area contributed by atoms with Crippen LogP contribution in [-0.4, -0.2) is 37.3 Å². The van der Waals surface area contributed by atoms with Crippen LogP contribution in [0.1, 0.15) is 5.56 Å². The first-order valence-electron chi connectivity index (χ1n) is 6.00. The molecule has 1 aromatic rings. The fourth-order valence-corrected chi connectivity index (χ4v) is 2.58. The highest BCUT2D eigenvalue weighted by molar-refractivity contribution is 5.14. The molecular weight excluding hydrogens is 220 g/mol. The minimum atomic E-state index is -0.151. The zero-order chi connectivity index (χ0) is 11.2. The summed E-state index contributed by atoms with van der Waals surface area (Å²) in [6, 6.07) is 10.1. The highest BCUT2D eigenvalue weighted by Crippen LogP contribution is 2.43. The molecule has 0 amide bonds. The van der Waals surface area contributed by atoms with Gasteiger partial charge in [0.1, 0.15) is 24.4 Å². The summed E-state index contributed by atoms with van der Waals surface area (Å²) >= 11 is 0. The Bertz CT molecular complexity index is 407. The van der Waals surface area contributed by atoms with Gasteiger partial charge in [-0.1, -0.05) is 30.3 Å². The highest BCUT2D eigenvalue weighted by Gasteiger charge is 2.62. The predicted molar refractivity (Wildman–Crippen MR) is 58.3 cm³/mol. The fraction of sp³-hybridized carbons (Fsp3) is 0.538. The van der Waals surface area contributed by atoms with E-state index >= 15 is 0 Å². The molecule has 3 fully saturated rings. The van der Waals surface area contributed by atoms with Crippen molar-refractivity contribution in [3.05, 3.63) is 35.9 Å². The van der Waals surface area contributed by atoms with Crippen molar-refractivity contribution < 1.29 is 18.9 Å². The van der Waals surface area contributed by atoms with Crippen LogP contribution in [0.25, 0.3) is 0 Å². The number of fused-ring (bicyclic) bond motifs is 4. The zero-order valence-corrected chi connectivity index (χ0v) is 9.32. The Morgan fingerprint density at radius 2 is 2.00 bits per heavy atom. The van der Waals surface area contributed by atoms with Gasteiger partial charge in [-0.2, -0.15) is 0 Å². The molecule has 90 valence electrons. The van der Waals surface area contributed by atoms with E-state index in [1.54, 1.807) is 0 Å². The Hall–Kier alpha value is -0.940. The van der Waals surface area contributed by atoms with Crippen molar-refractivity contribution in [3.63, 3.8) is 0 Å². The van der Waals surface area contributed by atoms with Crippen LogP contribution in [0.3, 0.4) is 0 Å². The lowest BCUT2D eigenvalue weighted by atomic mass is 10.1. The molecule has 5 atom stereocenters. The third-order valence-corrected chi connectivity index (χ3v) is 3.54. The molecule has 1 aromatic carbocycles. The van der Waals surface area contributed by atoms with Gasteiger partial charge in [-0.25, -0.2) is 0 Å². The minimum absolute atomic E-state index is 0.0129. The number of epoxide rings is 1. The molecule has 4 nitrogen and oxygen atoms in total. The predicted octanol–water partition coefficient (Wildman–Crippen LogP) is 1.09. The Morgan fingerprint density at radius 1 is 1.12 bits per heavy atom. The molecule has 3 aliphatic rings. The monoisotopic (exact) mass is 234 g/mol. The number of ether oxygens (including phenoxy) is 4. The first kappa shape index (κ1) is 10.0. The van der Waals surface area contributed by atoms with Gasteiger partial charge in [0.15, 0.2) is 6.29 Å². The maximum Gasteiger partial charge on any atom is 0.187 e. The second-order valence-corrected chi connectivity index (χ2v) is 4.70. The standard InChI is InChI=1S/C13H14O4/c1-2-4-8(5-3-1)6-14-10-9-7-15-13(16-9)12-11(10)17-12/h1-5,9-13H,6-7H2/t9-,10+,11+,12-,13-/m0/s1. The Labute approximate surface area is 99.4 Å². The van der Waals surface area contributed by atoms with Gasteiger partial charge in [0.25, 0.3) is 0 Å². The number of hydrogen-bond acceptors (Lipinski definition) is 4. The summed E-state index contributed by atoms with van der Waals surface area (Å²) in [6.07, 6.45) is 0.160. The molecular formula is C13H14O4. The average molecular weight is 234 g/mol. The number of rotatable bonds is 3. The van der Waals surface area contributed by atoms with Gasteiger partial charge in [-0.15, -0.1) is 0 Å². The van der Waals surface area contributed by atoms with Crippen molar-refractivity contribution in [2.75, 3.05) is 6.61 Å². The zero-order valence-electron chi connectivity index (χ0n) is 9.32. The fourth-order valence-electron chi connectivity index (χ4n) is 2.58. The van der Waals surface area contributed by atoms with Crippen molar-refractivity contribution in [1.82, 2.24) is 0 Å². The van der Waals surface area contributed by atoms with E-state index in [0.717, 1.165) is 0 Å². The lowest BCUT2D eigenvalue weighted by molar-refractivity contribution is -0.121. The SMILES string of the molecule is c1ccc(CO[C@H]2[C@H]3O[C@@H]3[C@H]3OC[C@@H]2O3)cc1. The average Bonchev–Trinajstić information content (AvgIpc) is 3.05. The third kappa shape index (κ3) is 1.68. The molecule has 0 aromatic heterocycles. The quantitative estimate of drug-likeness (QED) is 0.734. The first-order chi connectivity index (χ1) is 8.42. The molecule has 0 spiro atoms. The smallest absolute Gasteiger partial charge is 0.187 e. The maximum absolute atomic E-state index is 5.92. The highest BCUT2D eigenvalue weighted by atomic mass is 16.8. The van der Waals surface area contributed by atoms with Gasteiger partial charge >= 0.3 is 0 Å². The summed E-state index contributed by atoms with van der Waals surface area (Å²) < 4.78 is 22.6. The van der Waals surface area contributed by atoms with Crippen molar-refractivity contribution in [1.29, 1.82) is 0 Å². The molecule has 3 heterocycles. The van der Waals surface area contributed by atoms with Crippen LogP contribution in [0.5, 0.6) is 0 Å². The van der Waals surface area contributed by atoms with Crippen LogP contribution in [0.15, 0.2) is 30.3 Å². The van der Waals surface area contributed by atoms with E-state index < -0.39 is 0 Å². The van der Waals surface area contributed by atoms with Crippen LogP contribution in [0, 0.1) is 0 Å². The third-order valence-electron chi connectivity index (χ3n) is 3.54. The molecule has 3 aliphatic heterocycles. The second kappa shape index (κ2) is 3.78. The number of benzene rings is 1. The van der Waals surface area contributed by atoms with Gasteiger partial charge < -0.3 is 18.9 Å². The van der Waals surface area contributed by atoms with Crippen LogP contribution in [0.2, 0.25) is 0 Å². The van der Waals surface area contributed by atoms with E-state index in [2.05, 4.69) is 12.1 Å². The molecule has 4 rings (SSSR count). The molecule has 2 bridgehead atoms. The summed E-state index contributed by atoms with van der Waals surface area (Å²) in [4.78, 5) is 0. The van der Waals surface area contributed by atoms with Crippen molar-refractivity contribution >= 4 is 0 Å². The van der Waals surface area contributed by atoms with Crippen molar-refractivity contribution in [2.24, 2.45) is 0 Å². The number of hydrogen-bond donors (Lipinski definition) is 0. The second-order valence-electron chi connectivity index (χ2n) is 4.70. The van der Waals surface area contributed by atoms with Crippen molar-refractivity contribution in [2.45, 2.75) is 37.3 Å². The summed E-state index contributed by atoms with van der Waals surface area (Å²) in [7, 11) is 0. The molecule has 0 unspecified atom stereocenters. The van der Waals surface area contributed by atoms with Gasteiger partial charge in [0.05, 0.1) is 13.2 Å². The summed E-state index contributed by atoms with van der Waals surface area (Å²) in [5, 5.41) is 0. The summed E-state index contributed by atoms with van der Waals surface area (Å²) in [6.45, 7) is 1.23. The minimum Gasteiger partial charge on any atom is -0.368 e. The molecule has 0 saturated carbocycles. The van der Waals surface area contributed by atoms with Gasteiger partial charge in [-0.05, 0) is 5.56 Å². The molecule has 0 aliphatic carbocycles. The molecule has 17 heavy (non-hydrogen) atoms. The van der Waals surface area contributed by atoms with E-state index in [4.69, 9.17) is 18.9 Å². The van der Waals surface area contributed by atoms with Gasteiger partial charge in [-0.3, -0.25) is 0 Å². The van der Waals surface area contributed by atoms with E-state index in [-0.39, 0.29) is 30.7 Å². The van der Waals surface area contributed by atoms with E-state index in [0.29, 0.717) is 13.2 Å². The maximum atomic E-state index is 5.92. The molecule has 3 saturated heterocycles. The summed E-state index contributed by atoms with van der Waals surface area (Å²) in [5.74, 6) is 0. The molecule has 0 N–H and O–H groups in total. The normalized spacial score (nSPS) is 42.2. The topological polar surface area (TPSA) is 40.2 Å². The molecule has 4 heteroatoms. The molecule has 0 radical (unpaired) electrons. The first-order valence-corrected chi connectivity index (χ1v) is 6.00. The lowest BCUT2D eigenvalue weighted by Gasteiger charge is -2.24.